The Balaban J connectivity index is 4.19. The van der Waals surface area contributed by atoms with E-state index >= 15 is 0 Å². The van der Waals surface area contributed by atoms with Crippen LogP contribution >= 0.6 is 9.24 Å². The normalized spacial score (nSPS) is 15.1. The molecule has 0 aliphatic carbocycles. The van der Waals surface area contributed by atoms with Crippen molar-refractivity contribution in [1.29, 1.82) is 0 Å². The largest absolute Gasteiger partial charge is 0.369 e. The smallest absolute Gasteiger partial charge is 0.223 e. The average molecular weight is 147 g/mol. The van der Waals surface area contributed by atoms with E-state index in [1.54, 1.807) is 0 Å². The van der Waals surface area contributed by atoms with Crippen LogP contribution in [0.15, 0.2) is 0 Å². The van der Waals surface area contributed by atoms with Crippen LogP contribution in [0.2, 0.25) is 0 Å². The standard InChI is InChI=1S/C6H14NOP/c1-4(9)6(2,3)5(7)8/h4H,9H2,1-3H3,(H2,7,8). The first-order valence-electron chi connectivity index (χ1n) is 2.94. The Hall–Kier alpha value is -0.100. The van der Waals surface area contributed by atoms with Gasteiger partial charge in [0.15, 0.2) is 0 Å². The molecule has 2 N–H and O–H groups in total. The van der Waals surface area contributed by atoms with E-state index in [-0.39, 0.29) is 11.6 Å². The molecular formula is C6H14NOP. The van der Waals surface area contributed by atoms with E-state index in [0.29, 0.717) is 0 Å². The molecule has 0 radical (unpaired) electrons. The molecule has 0 saturated heterocycles. The van der Waals surface area contributed by atoms with Crippen molar-refractivity contribution in [3.63, 3.8) is 0 Å². The predicted molar refractivity (Wildman–Crippen MR) is 42.1 cm³/mol. The van der Waals surface area contributed by atoms with E-state index in [1.165, 1.54) is 0 Å². The van der Waals surface area contributed by atoms with Gasteiger partial charge in [0.2, 0.25) is 5.91 Å². The molecule has 0 aromatic heterocycles. The summed E-state index contributed by atoms with van der Waals surface area (Å²) >= 11 is 0. The molecule has 0 spiro atoms. The van der Waals surface area contributed by atoms with Crippen molar-refractivity contribution in [3.05, 3.63) is 0 Å². The Morgan fingerprint density at radius 3 is 2.00 bits per heavy atom. The molecule has 2 unspecified atom stereocenters. The van der Waals surface area contributed by atoms with Gasteiger partial charge in [-0.25, -0.2) is 0 Å². The SMILES string of the molecule is CC(P)C(C)(C)C(N)=O. The van der Waals surface area contributed by atoms with E-state index in [1.807, 2.05) is 20.8 Å². The average Bonchev–Trinajstić information content (AvgIpc) is 1.65. The van der Waals surface area contributed by atoms with Crippen molar-refractivity contribution in [2.45, 2.75) is 26.4 Å². The van der Waals surface area contributed by atoms with E-state index < -0.39 is 5.41 Å². The number of hydrogen-bond acceptors (Lipinski definition) is 1. The van der Waals surface area contributed by atoms with Gasteiger partial charge in [-0.1, -0.05) is 20.8 Å². The minimum atomic E-state index is -0.398. The number of amides is 1. The summed E-state index contributed by atoms with van der Waals surface area (Å²) in [5, 5.41) is 0. The van der Waals surface area contributed by atoms with Crippen molar-refractivity contribution in [2.75, 3.05) is 0 Å². The first-order chi connectivity index (χ1) is 3.89. The van der Waals surface area contributed by atoms with Crippen LogP contribution in [0.25, 0.3) is 0 Å². The Bertz CT molecular complexity index is 120. The highest BCUT2D eigenvalue weighted by atomic mass is 31.0. The third kappa shape index (κ3) is 1.94. The first kappa shape index (κ1) is 8.90. The Morgan fingerprint density at radius 1 is 1.67 bits per heavy atom. The highest BCUT2D eigenvalue weighted by Crippen LogP contribution is 2.25. The Kier molecular flexibility index (Phi) is 2.63. The quantitative estimate of drug-likeness (QED) is 0.576. The number of carbonyl (C=O) groups is 1. The zero-order valence-corrected chi connectivity index (χ0v) is 7.29. The molecule has 0 aromatic rings. The van der Waals surface area contributed by atoms with Gasteiger partial charge in [-0.2, -0.15) is 0 Å². The van der Waals surface area contributed by atoms with Crippen LogP contribution in [0, 0.1) is 5.41 Å². The topological polar surface area (TPSA) is 43.1 Å². The summed E-state index contributed by atoms with van der Waals surface area (Å²) in [5.74, 6) is -0.245. The van der Waals surface area contributed by atoms with Crippen molar-refractivity contribution in [3.8, 4) is 0 Å². The number of nitrogens with two attached hydrogens (primary N) is 1. The zero-order valence-electron chi connectivity index (χ0n) is 6.14. The second-order valence-corrected chi connectivity index (χ2v) is 3.87. The van der Waals surface area contributed by atoms with Gasteiger partial charge in [0.25, 0.3) is 0 Å². The maximum Gasteiger partial charge on any atom is 0.223 e. The molecular weight excluding hydrogens is 133 g/mol. The lowest BCUT2D eigenvalue weighted by Crippen LogP contribution is -2.37. The summed E-state index contributed by atoms with van der Waals surface area (Å²) in [6, 6.07) is 0. The molecule has 0 aliphatic heterocycles. The molecule has 0 fully saturated rings. The number of primary amides is 1. The third-order valence-corrected chi connectivity index (χ3v) is 2.61. The fourth-order valence-electron chi connectivity index (χ4n) is 0.224. The maximum atomic E-state index is 10.7. The lowest BCUT2D eigenvalue weighted by molar-refractivity contribution is -0.125. The van der Waals surface area contributed by atoms with E-state index in [2.05, 4.69) is 9.24 Å². The minimum absolute atomic E-state index is 0.231. The summed E-state index contributed by atoms with van der Waals surface area (Å²) in [6.45, 7) is 5.63. The van der Waals surface area contributed by atoms with Crippen molar-refractivity contribution in [2.24, 2.45) is 11.1 Å². The van der Waals surface area contributed by atoms with Crippen LogP contribution in [-0.2, 0) is 4.79 Å². The van der Waals surface area contributed by atoms with Crippen LogP contribution in [0.1, 0.15) is 20.8 Å². The fraction of sp³-hybridized carbons (Fsp3) is 0.833. The van der Waals surface area contributed by atoms with Crippen LogP contribution in [0.4, 0.5) is 0 Å². The van der Waals surface area contributed by atoms with Gasteiger partial charge in [0, 0.05) is 5.41 Å². The van der Waals surface area contributed by atoms with Crippen LogP contribution < -0.4 is 5.73 Å². The number of rotatable bonds is 2. The van der Waals surface area contributed by atoms with Gasteiger partial charge < -0.3 is 5.73 Å². The van der Waals surface area contributed by atoms with Crippen molar-refractivity contribution in [1.82, 2.24) is 0 Å². The Morgan fingerprint density at radius 2 is 2.00 bits per heavy atom. The van der Waals surface area contributed by atoms with E-state index in [0.717, 1.165) is 0 Å². The molecule has 0 saturated carbocycles. The summed E-state index contributed by atoms with van der Waals surface area (Å²) < 4.78 is 0. The molecule has 2 atom stereocenters. The van der Waals surface area contributed by atoms with Gasteiger partial charge in [0.05, 0.1) is 0 Å². The van der Waals surface area contributed by atoms with Gasteiger partial charge in [0.1, 0.15) is 0 Å². The summed E-state index contributed by atoms with van der Waals surface area (Å²) in [4.78, 5) is 10.7. The van der Waals surface area contributed by atoms with Gasteiger partial charge in [-0.05, 0) is 5.66 Å². The summed E-state index contributed by atoms with van der Waals surface area (Å²) in [7, 11) is 2.57. The highest BCUT2D eigenvalue weighted by molar-refractivity contribution is 7.17. The fourth-order valence-corrected chi connectivity index (χ4v) is 0.389. The lowest BCUT2D eigenvalue weighted by atomic mass is 9.89. The first-order valence-corrected chi connectivity index (χ1v) is 3.61. The molecule has 9 heavy (non-hydrogen) atoms. The van der Waals surface area contributed by atoms with Crippen LogP contribution in [-0.4, -0.2) is 11.6 Å². The molecule has 0 bridgehead atoms. The minimum Gasteiger partial charge on any atom is -0.369 e. The molecule has 2 nitrogen and oxygen atoms in total. The number of hydrogen-bond donors (Lipinski definition) is 1. The molecule has 54 valence electrons. The van der Waals surface area contributed by atoms with Crippen molar-refractivity contribution < 1.29 is 4.79 Å². The summed E-state index contributed by atoms with van der Waals surface area (Å²) in [6.07, 6.45) is 0. The zero-order chi connectivity index (χ0) is 7.65. The molecule has 3 heteroatoms. The highest BCUT2D eigenvalue weighted by Gasteiger charge is 2.28. The molecule has 0 aromatic carbocycles. The third-order valence-electron chi connectivity index (χ3n) is 1.77. The van der Waals surface area contributed by atoms with Crippen molar-refractivity contribution >= 4 is 15.1 Å². The molecule has 1 amide bonds. The summed E-state index contributed by atoms with van der Waals surface area (Å²) in [5.41, 5.74) is 4.95. The predicted octanol–water partition coefficient (Wildman–Crippen LogP) is 0.762. The van der Waals surface area contributed by atoms with Crippen LogP contribution in [0.3, 0.4) is 0 Å². The molecule has 0 rings (SSSR count). The van der Waals surface area contributed by atoms with Crippen LogP contribution in [0.5, 0.6) is 0 Å². The van der Waals surface area contributed by atoms with E-state index in [9.17, 15) is 4.79 Å². The van der Waals surface area contributed by atoms with Gasteiger partial charge in [-0.3, -0.25) is 4.79 Å². The number of carbonyl (C=O) groups excluding carboxylic acids is 1. The molecule has 0 heterocycles. The second kappa shape index (κ2) is 2.66. The second-order valence-electron chi connectivity index (χ2n) is 2.87. The maximum absolute atomic E-state index is 10.7. The van der Waals surface area contributed by atoms with Gasteiger partial charge >= 0.3 is 0 Å². The lowest BCUT2D eigenvalue weighted by Gasteiger charge is -2.24. The monoisotopic (exact) mass is 147 g/mol. The van der Waals surface area contributed by atoms with Gasteiger partial charge in [-0.15, -0.1) is 9.24 Å². The molecule has 0 aliphatic rings. The van der Waals surface area contributed by atoms with E-state index in [4.69, 9.17) is 5.73 Å². The Labute approximate surface area is 58.4 Å².